The molecule has 1 atom stereocenters. The van der Waals surface area contributed by atoms with Crippen LogP contribution in [0.2, 0.25) is 0 Å². The van der Waals surface area contributed by atoms with Gasteiger partial charge in [0.05, 0.1) is 13.2 Å². The number of carbonyl (C=O) groups is 1. The van der Waals surface area contributed by atoms with E-state index in [1.807, 2.05) is 0 Å². The van der Waals surface area contributed by atoms with E-state index in [0.29, 0.717) is 26.2 Å². The van der Waals surface area contributed by atoms with Crippen molar-refractivity contribution in [3.8, 4) is 0 Å². The summed E-state index contributed by atoms with van der Waals surface area (Å²) in [6.07, 6.45) is 3.49. The molecule has 0 spiro atoms. The van der Waals surface area contributed by atoms with Gasteiger partial charge in [-0.3, -0.25) is 4.79 Å². The zero-order chi connectivity index (χ0) is 13.9. The van der Waals surface area contributed by atoms with Gasteiger partial charge in [0.25, 0.3) is 0 Å². The lowest BCUT2D eigenvalue weighted by Gasteiger charge is -2.23. The number of carboxylic acids is 1. The van der Waals surface area contributed by atoms with Crippen LogP contribution >= 0.6 is 0 Å². The standard InChI is InChI=1S/C13H27NO4/c1-4-5-8-17-10-11-18-9-6-7-13(2,14-3)12(15)16/h14H,4-11H2,1-3H3,(H,15,16). The highest BCUT2D eigenvalue weighted by Gasteiger charge is 2.30. The summed E-state index contributed by atoms with van der Waals surface area (Å²) in [5.41, 5.74) is -0.860. The van der Waals surface area contributed by atoms with E-state index in [1.54, 1.807) is 14.0 Å². The van der Waals surface area contributed by atoms with Crippen LogP contribution < -0.4 is 5.32 Å². The molecule has 0 amide bonds. The number of hydrogen-bond acceptors (Lipinski definition) is 4. The summed E-state index contributed by atoms with van der Waals surface area (Å²) in [5, 5.41) is 11.9. The highest BCUT2D eigenvalue weighted by Crippen LogP contribution is 2.11. The Morgan fingerprint density at radius 1 is 1.17 bits per heavy atom. The molecule has 0 aromatic rings. The van der Waals surface area contributed by atoms with Gasteiger partial charge in [-0.1, -0.05) is 13.3 Å². The van der Waals surface area contributed by atoms with Crippen molar-refractivity contribution in [3.05, 3.63) is 0 Å². The molecule has 108 valence electrons. The molecule has 18 heavy (non-hydrogen) atoms. The van der Waals surface area contributed by atoms with Crippen molar-refractivity contribution in [2.24, 2.45) is 0 Å². The van der Waals surface area contributed by atoms with Gasteiger partial charge in [0, 0.05) is 13.2 Å². The highest BCUT2D eigenvalue weighted by molar-refractivity contribution is 5.78. The van der Waals surface area contributed by atoms with E-state index in [-0.39, 0.29) is 0 Å². The van der Waals surface area contributed by atoms with E-state index in [1.165, 1.54) is 0 Å². The lowest BCUT2D eigenvalue weighted by Crippen LogP contribution is -2.47. The molecule has 0 aromatic carbocycles. The highest BCUT2D eigenvalue weighted by atomic mass is 16.5. The van der Waals surface area contributed by atoms with Crippen LogP contribution in [0.25, 0.3) is 0 Å². The van der Waals surface area contributed by atoms with E-state index in [9.17, 15) is 4.79 Å². The van der Waals surface area contributed by atoms with Gasteiger partial charge in [-0.25, -0.2) is 0 Å². The molecule has 0 aliphatic heterocycles. The predicted molar refractivity (Wildman–Crippen MR) is 70.9 cm³/mol. The lowest BCUT2D eigenvalue weighted by molar-refractivity contribution is -0.144. The van der Waals surface area contributed by atoms with Crippen molar-refractivity contribution >= 4 is 5.97 Å². The average molecular weight is 261 g/mol. The van der Waals surface area contributed by atoms with Crippen LogP contribution in [0.3, 0.4) is 0 Å². The van der Waals surface area contributed by atoms with Crippen LogP contribution in [-0.4, -0.2) is 50.1 Å². The lowest BCUT2D eigenvalue weighted by atomic mass is 9.96. The van der Waals surface area contributed by atoms with Gasteiger partial charge in [0.2, 0.25) is 0 Å². The van der Waals surface area contributed by atoms with Crippen molar-refractivity contribution in [1.29, 1.82) is 0 Å². The molecule has 5 heteroatoms. The quantitative estimate of drug-likeness (QED) is 0.523. The molecule has 1 unspecified atom stereocenters. The first-order chi connectivity index (χ1) is 8.56. The zero-order valence-electron chi connectivity index (χ0n) is 11.8. The van der Waals surface area contributed by atoms with Crippen LogP contribution in [0.1, 0.15) is 39.5 Å². The summed E-state index contributed by atoms with van der Waals surface area (Å²) in [5.74, 6) is -0.826. The fourth-order valence-corrected chi connectivity index (χ4v) is 1.44. The Hall–Kier alpha value is -0.650. The van der Waals surface area contributed by atoms with E-state index >= 15 is 0 Å². The third kappa shape index (κ3) is 7.63. The average Bonchev–Trinajstić information content (AvgIpc) is 2.36. The minimum absolute atomic E-state index is 0.551. The molecular formula is C13H27NO4. The van der Waals surface area contributed by atoms with Gasteiger partial charge >= 0.3 is 5.97 Å². The molecule has 0 saturated carbocycles. The van der Waals surface area contributed by atoms with Crippen molar-refractivity contribution in [2.75, 3.05) is 33.5 Å². The molecule has 0 saturated heterocycles. The number of rotatable bonds is 12. The van der Waals surface area contributed by atoms with Gasteiger partial charge in [0.1, 0.15) is 5.54 Å². The van der Waals surface area contributed by atoms with Gasteiger partial charge in [-0.15, -0.1) is 0 Å². The largest absolute Gasteiger partial charge is 0.480 e. The van der Waals surface area contributed by atoms with Crippen LogP contribution in [0.5, 0.6) is 0 Å². The van der Waals surface area contributed by atoms with Crippen molar-refractivity contribution in [3.63, 3.8) is 0 Å². The number of hydrogen-bond donors (Lipinski definition) is 2. The molecule has 0 aromatic heterocycles. The number of carboxylic acid groups (broad SMARTS) is 1. The zero-order valence-corrected chi connectivity index (χ0v) is 11.8. The first kappa shape index (κ1) is 17.4. The molecule has 2 N–H and O–H groups in total. The minimum Gasteiger partial charge on any atom is -0.480 e. The fraction of sp³-hybridized carbons (Fsp3) is 0.923. The fourth-order valence-electron chi connectivity index (χ4n) is 1.44. The van der Waals surface area contributed by atoms with E-state index < -0.39 is 11.5 Å². The van der Waals surface area contributed by atoms with Crippen molar-refractivity contribution in [2.45, 2.75) is 45.1 Å². The second-order valence-electron chi connectivity index (χ2n) is 4.57. The smallest absolute Gasteiger partial charge is 0.323 e. The number of nitrogens with one attached hydrogen (secondary N) is 1. The Morgan fingerprint density at radius 2 is 1.72 bits per heavy atom. The molecule has 0 radical (unpaired) electrons. The first-order valence-corrected chi connectivity index (χ1v) is 6.64. The van der Waals surface area contributed by atoms with Gasteiger partial charge in [-0.2, -0.15) is 0 Å². The molecule has 0 fully saturated rings. The second-order valence-corrected chi connectivity index (χ2v) is 4.57. The summed E-state index contributed by atoms with van der Waals surface area (Å²) in [6.45, 7) is 6.36. The normalized spacial score (nSPS) is 14.4. The second kappa shape index (κ2) is 10.3. The van der Waals surface area contributed by atoms with Crippen LogP contribution in [0, 0.1) is 0 Å². The summed E-state index contributed by atoms with van der Waals surface area (Å²) >= 11 is 0. The number of aliphatic carboxylic acids is 1. The topological polar surface area (TPSA) is 67.8 Å². The molecule has 0 rings (SSSR count). The Bertz CT molecular complexity index is 223. The summed E-state index contributed by atoms with van der Waals surface area (Å²) in [6, 6.07) is 0. The Morgan fingerprint density at radius 3 is 2.17 bits per heavy atom. The Balaban J connectivity index is 3.42. The maximum absolute atomic E-state index is 11.0. The number of ether oxygens (including phenoxy) is 2. The SMILES string of the molecule is CCCCOCCOCCCC(C)(NC)C(=O)O. The van der Waals surface area contributed by atoms with Crippen molar-refractivity contribution < 1.29 is 19.4 Å². The molecule has 5 nitrogen and oxygen atoms in total. The first-order valence-electron chi connectivity index (χ1n) is 6.64. The Labute approximate surface area is 110 Å². The molecule has 0 aliphatic carbocycles. The van der Waals surface area contributed by atoms with Crippen molar-refractivity contribution in [1.82, 2.24) is 5.32 Å². The monoisotopic (exact) mass is 261 g/mol. The van der Waals surface area contributed by atoms with Gasteiger partial charge < -0.3 is 19.9 Å². The molecule has 0 bridgehead atoms. The van der Waals surface area contributed by atoms with E-state index in [0.717, 1.165) is 25.9 Å². The predicted octanol–water partition coefficient (Wildman–Crippen LogP) is 1.66. The maximum atomic E-state index is 11.0. The minimum atomic E-state index is -0.860. The van der Waals surface area contributed by atoms with Gasteiger partial charge in [0.15, 0.2) is 0 Å². The third-order valence-corrected chi connectivity index (χ3v) is 3.00. The molecule has 0 aliphatic rings. The van der Waals surface area contributed by atoms with Crippen LogP contribution in [-0.2, 0) is 14.3 Å². The summed E-state index contributed by atoms with van der Waals surface area (Å²) in [4.78, 5) is 11.0. The van der Waals surface area contributed by atoms with Gasteiger partial charge in [-0.05, 0) is 33.2 Å². The third-order valence-electron chi connectivity index (χ3n) is 3.00. The van der Waals surface area contributed by atoms with Crippen LogP contribution in [0.4, 0.5) is 0 Å². The van der Waals surface area contributed by atoms with Crippen LogP contribution in [0.15, 0.2) is 0 Å². The molecule has 0 heterocycles. The number of likely N-dealkylation sites (N-methyl/N-ethyl adjacent to an activating group) is 1. The number of unbranched alkanes of at least 4 members (excludes halogenated alkanes) is 1. The van der Waals surface area contributed by atoms with E-state index in [4.69, 9.17) is 14.6 Å². The summed E-state index contributed by atoms with van der Waals surface area (Å²) < 4.78 is 10.7. The maximum Gasteiger partial charge on any atom is 0.323 e. The summed E-state index contributed by atoms with van der Waals surface area (Å²) in [7, 11) is 1.66. The van der Waals surface area contributed by atoms with E-state index in [2.05, 4.69) is 12.2 Å². The molecular weight excluding hydrogens is 234 g/mol. The Kier molecular flexibility index (Phi) is 9.92.